The van der Waals surface area contributed by atoms with Gasteiger partial charge in [0.05, 0.1) is 12.2 Å². The Morgan fingerprint density at radius 2 is 2.31 bits per heavy atom. The Kier molecular flexibility index (Phi) is 4.72. The maximum absolute atomic E-state index is 12.8. The minimum atomic E-state index is -0.562. The van der Waals surface area contributed by atoms with E-state index in [2.05, 4.69) is 5.32 Å². The summed E-state index contributed by atoms with van der Waals surface area (Å²) < 4.78 is 17.9. The highest BCUT2D eigenvalue weighted by molar-refractivity contribution is 5.96. The van der Waals surface area contributed by atoms with Gasteiger partial charge in [-0.2, -0.15) is 0 Å². The van der Waals surface area contributed by atoms with E-state index in [-0.39, 0.29) is 11.3 Å². The molecule has 0 saturated heterocycles. The van der Waals surface area contributed by atoms with E-state index < -0.39 is 11.7 Å². The third kappa shape index (κ3) is 3.51. The molecule has 0 aliphatic rings. The highest BCUT2D eigenvalue weighted by Crippen LogP contribution is 2.17. The fourth-order valence-corrected chi connectivity index (χ4v) is 1.17. The van der Waals surface area contributed by atoms with Gasteiger partial charge in [-0.3, -0.25) is 4.79 Å². The molecule has 1 rings (SSSR count). The van der Waals surface area contributed by atoms with Gasteiger partial charge in [0.1, 0.15) is 11.6 Å². The zero-order valence-electron chi connectivity index (χ0n) is 9.00. The van der Waals surface area contributed by atoms with Crippen molar-refractivity contribution in [3.8, 4) is 5.75 Å². The number of hydrogen-bond acceptors (Lipinski definition) is 3. The van der Waals surface area contributed by atoms with Crippen LogP contribution in [0.2, 0.25) is 0 Å². The second-order valence-electron chi connectivity index (χ2n) is 3.11. The first-order chi connectivity index (χ1) is 7.65. The van der Waals surface area contributed by atoms with Crippen molar-refractivity contribution in [2.24, 2.45) is 0 Å². The summed E-state index contributed by atoms with van der Waals surface area (Å²) >= 11 is 0. The van der Waals surface area contributed by atoms with Crippen LogP contribution in [0.4, 0.5) is 4.39 Å². The van der Waals surface area contributed by atoms with Gasteiger partial charge in [0, 0.05) is 13.2 Å². The average molecular weight is 227 g/mol. The predicted octanol–water partition coefficient (Wildman–Crippen LogP) is 1.30. The third-order valence-electron chi connectivity index (χ3n) is 1.94. The summed E-state index contributed by atoms with van der Waals surface area (Å²) in [6, 6.07) is 3.23. The maximum Gasteiger partial charge on any atom is 0.255 e. The van der Waals surface area contributed by atoms with Crippen LogP contribution in [0.15, 0.2) is 18.2 Å². The molecule has 0 bridgehead atoms. The maximum atomic E-state index is 12.8. The van der Waals surface area contributed by atoms with Crippen LogP contribution in [0.25, 0.3) is 0 Å². The molecule has 0 aromatic heterocycles. The molecule has 0 saturated carbocycles. The SMILES string of the molecule is CCOCCNC(=O)c1cc(F)ccc1O. The molecule has 2 N–H and O–H groups in total. The van der Waals surface area contributed by atoms with Gasteiger partial charge < -0.3 is 15.2 Å². The summed E-state index contributed by atoms with van der Waals surface area (Å²) in [4.78, 5) is 11.5. The van der Waals surface area contributed by atoms with Crippen LogP contribution < -0.4 is 5.32 Å². The van der Waals surface area contributed by atoms with Gasteiger partial charge in [-0.15, -0.1) is 0 Å². The molecule has 1 aromatic rings. The minimum Gasteiger partial charge on any atom is -0.507 e. The van der Waals surface area contributed by atoms with Crippen LogP contribution in [0, 0.1) is 5.82 Å². The van der Waals surface area contributed by atoms with Crippen LogP contribution in [0.5, 0.6) is 5.75 Å². The number of carbonyl (C=O) groups excluding carboxylic acids is 1. The normalized spacial score (nSPS) is 10.1. The minimum absolute atomic E-state index is 0.0727. The van der Waals surface area contributed by atoms with Crippen LogP contribution in [-0.4, -0.2) is 30.8 Å². The third-order valence-corrected chi connectivity index (χ3v) is 1.94. The smallest absolute Gasteiger partial charge is 0.255 e. The van der Waals surface area contributed by atoms with Gasteiger partial charge in [0.25, 0.3) is 5.91 Å². The van der Waals surface area contributed by atoms with E-state index in [1.807, 2.05) is 6.92 Å². The number of phenols is 1. The number of carbonyl (C=O) groups is 1. The molecule has 0 heterocycles. The van der Waals surface area contributed by atoms with Crippen LogP contribution in [0.1, 0.15) is 17.3 Å². The molecule has 0 spiro atoms. The lowest BCUT2D eigenvalue weighted by Crippen LogP contribution is -2.27. The van der Waals surface area contributed by atoms with Gasteiger partial charge in [0.2, 0.25) is 0 Å². The van der Waals surface area contributed by atoms with Crippen LogP contribution in [-0.2, 0) is 4.74 Å². The van der Waals surface area contributed by atoms with E-state index in [1.54, 1.807) is 0 Å². The van der Waals surface area contributed by atoms with Crippen LogP contribution in [0.3, 0.4) is 0 Å². The lowest BCUT2D eigenvalue weighted by atomic mass is 10.2. The van der Waals surface area contributed by atoms with E-state index in [1.165, 1.54) is 0 Å². The molecule has 0 aliphatic carbocycles. The van der Waals surface area contributed by atoms with Crippen molar-refractivity contribution >= 4 is 5.91 Å². The molecular formula is C11H14FNO3. The van der Waals surface area contributed by atoms with Crippen molar-refractivity contribution in [2.75, 3.05) is 19.8 Å². The summed E-state index contributed by atoms with van der Waals surface area (Å²) in [5, 5.41) is 11.9. The Bertz CT molecular complexity index is 368. The van der Waals surface area contributed by atoms with Gasteiger partial charge in [-0.1, -0.05) is 0 Å². The monoisotopic (exact) mass is 227 g/mol. The van der Waals surface area contributed by atoms with Crippen molar-refractivity contribution in [2.45, 2.75) is 6.92 Å². The Morgan fingerprint density at radius 3 is 3.00 bits per heavy atom. The summed E-state index contributed by atoms with van der Waals surface area (Å²) in [6.45, 7) is 3.13. The second-order valence-corrected chi connectivity index (χ2v) is 3.11. The summed E-state index contributed by atoms with van der Waals surface area (Å²) in [5.74, 6) is -1.32. The van der Waals surface area contributed by atoms with E-state index in [0.29, 0.717) is 19.8 Å². The summed E-state index contributed by atoms with van der Waals surface area (Å²) in [6.07, 6.45) is 0. The second kappa shape index (κ2) is 6.07. The van der Waals surface area contributed by atoms with Gasteiger partial charge >= 0.3 is 0 Å². The summed E-state index contributed by atoms with van der Waals surface area (Å²) in [7, 11) is 0. The molecule has 0 fully saturated rings. The molecule has 0 radical (unpaired) electrons. The molecule has 88 valence electrons. The molecule has 4 nitrogen and oxygen atoms in total. The topological polar surface area (TPSA) is 58.6 Å². The average Bonchev–Trinajstić information content (AvgIpc) is 2.27. The molecule has 1 aromatic carbocycles. The van der Waals surface area contributed by atoms with E-state index in [4.69, 9.17) is 4.74 Å². The molecule has 0 atom stereocenters. The molecule has 0 aliphatic heterocycles. The van der Waals surface area contributed by atoms with Gasteiger partial charge in [0.15, 0.2) is 0 Å². The standard InChI is InChI=1S/C11H14FNO3/c1-2-16-6-5-13-11(15)9-7-8(12)3-4-10(9)14/h3-4,7,14H,2,5-6H2,1H3,(H,13,15). The lowest BCUT2D eigenvalue weighted by Gasteiger charge is -2.06. The Balaban J connectivity index is 2.55. The Morgan fingerprint density at radius 1 is 1.56 bits per heavy atom. The predicted molar refractivity (Wildman–Crippen MR) is 56.9 cm³/mol. The van der Waals surface area contributed by atoms with Crippen molar-refractivity contribution in [3.05, 3.63) is 29.6 Å². The number of ether oxygens (including phenoxy) is 1. The first kappa shape index (κ1) is 12.4. The van der Waals surface area contributed by atoms with Crippen molar-refractivity contribution in [1.82, 2.24) is 5.32 Å². The fourth-order valence-electron chi connectivity index (χ4n) is 1.17. The van der Waals surface area contributed by atoms with Gasteiger partial charge in [-0.25, -0.2) is 4.39 Å². The fraction of sp³-hybridized carbons (Fsp3) is 0.364. The number of hydrogen-bond donors (Lipinski definition) is 2. The van der Waals surface area contributed by atoms with Crippen molar-refractivity contribution in [3.63, 3.8) is 0 Å². The van der Waals surface area contributed by atoms with E-state index in [0.717, 1.165) is 18.2 Å². The van der Waals surface area contributed by atoms with E-state index in [9.17, 15) is 14.3 Å². The van der Waals surface area contributed by atoms with Crippen molar-refractivity contribution in [1.29, 1.82) is 0 Å². The summed E-state index contributed by atoms with van der Waals surface area (Å²) in [5.41, 5.74) is -0.0727. The van der Waals surface area contributed by atoms with Gasteiger partial charge in [-0.05, 0) is 25.1 Å². The molecule has 16 heavy (non-hydrogen) atoms. The van der Waals surface area contributed by atoms with E-state index >= 15 is 0 Å². The highest BCUT2D eigenvalue weighted by Gasteiger charge is 2.11. The Labute approximate surface area is 93.0 Å². The molecule has 5 heteroatoms. The zero-order valence-corrected chi connectivity index (χ0v) is 9.00. The largest absolute Gasteiger partial charge is 0.507 e. The number of amides is 1. The number of aromatic hydroxyl groups is 1. The molecule has 1 amide bonds. The zero-order chi connectivity index (χ0) is 12.0. The quantitative estimate of drug-likeness (QED) is 0.745. The molecule has 0 unspecified atom stereocenters. The molecular weight excluding hydrogens is 213 g/mol. The highest BCUT2D eigenvalue weighted by atomic mass is 19.1. The Hall–Kier alpha value is -1.62. The number of phenolic OH excluding ortho intramolecular Hbond substituents is 1. The lowest BCUT2D eigenvalue weighted by molar-refractivity contribution is 0.0919. The number of nitrogens with one attached hydrogen (secondary N) is 1. The first-order valence-electron chi connectivity index (χ1n) is 4.99. The van der Waals surface area contributed by atoms with Crippen molar-refractivity contribution < 1.29 is 19.0 Å². The first-order valence-corrected chi connectivity index (χ1v) is 4.99. The number of halogens is 1. The number of rotatable bonds is 5. The number of benzene rings is 1. The van der Waals surface area contributed by atoms with Crippen LogP contribution >= 0.6 is 0 Å².